The smallest absolute Gasteiger partial charge is 0.0352 e. The van der Waals surface area contributed by atoms with Crippen molar-refractivity contribution >= 4 is 0 Å². The predicted molar refractivity (Wildman–Crippen MR) is 31.9 cm³/mol. The van der Waals surface area contributed by atoms with Crippen LogP contribution in [0.1, 0.15) is 32.6 Å². The Morgan fingerprint density at radius 3 is 2.86 bits per heavy atom. The molecule has 1 atom stereocenters. The van der Waals surface area contributed by atoms with Gasteiger partial charge in [-0.3, -0.25) is 0 Å². The molecular formula is C7H13. The highest BCUT2D eigenvalue weighted by atomic mass is 14.2. The normalized spacial score (nSPS) is 20.1. The van der Waals surface area contributed by atoms with Gasteiger partial charge in [0.1, 0.15) is 0 Å². The fourth-order valence-electron chi connectivity index (χ4n) is 0.798. The summed E-state index contributed by atoms with van der Waals surface area (Å²) in [7, 11) is 0. The van der Waals surface area contributed by atoms with Gasteiger partial charge in [0.25, 0.3) is 0 Å². The van der Waals surface area contributed by atoms with Gasteiger partial charge in [0.2, 0.25) is 0 Å². The van der Waals surface area contributed by atoms with Gasteiger partial charge < -0.3 is 0 Å². The average Bonchev–Trinajstić information content (AvgIpc) is 2.42. The number of hydrogen-bond donors (Lipinski definition) is 0. The van der Waals surface area contributed by atoms with E-state index in [0.29, 0.717) is 0 Å². The van der Waals surface area contributed by atoms with Crippen molar-refractivity contribution in [1.29, 1.82) is 0 Å². The maximum Gasteiger partial charge on any atom is -0.0352 e. The highest BCUT2D eigenvalue weighted by molar-refractivity contribution is 4.93. The van der Waals surface area contributed by atoms with Gasteiger partial charge in [-0.2, -0.15) is 0 Å². The minimum Gasteiger partial charge on any atom is -0.0654 e. The third-order valence-electron chi connectivity index (χ3n) is 1.50. The average molecular weight is 97.2 g/mol. The van der Waals surface area contributed by atoms with Crippen molar-refractivity contribution in [2.24, 2.45) is 5.92 Å². The molecule has 0 heterocycles. The molecule has 7 heavy (non-hydrogen) atoms. The van der Waals surface area contributed by atoms with Gasteiger partial charge in [-0.05, 0) is 18.8 Å². The van der Waals surface area contributed by atoms with E-state index < -0.39 is 0 Å². The summed E-state index contributed by atoms with van der Waals surface area (Å²) in [5.41, 5.74) is 0. The Morgan fingerprint density at radius 1 is 1.71 bits per heavy atom. The SMILES string of the molecule is CCCCC1[CH]C1. The summed E-state index contributed by atoms with van der Waals surface area (Å²) in [6.07, 6.45) is 8.05. The van der Waals surface area contributed by atoms with Crippen molar-refractivity contribution in [3.8, 4) is 0 Å². The summed E-state index contributed by atoms with van der Waals surface area (Å²) < 4.78 is 0. The molecule has 0 heteroatoms. The van der Waals surface area contributed by atoms with Crippen molar-refractivity contribution in [1.82, 2.24) is 0 Å². The lowest BCUT2D eigenvalue weighted by molar-refractivity contribution is 0.668. The van der Waals surface area contributed by atoms with Crippen LogP contribution in [0.4, 0.5) is 0 Å². The first-order valence-corrected chi connectivity index (χ1v) is 3.27. The Kier molecular flexibility index (Phi) is 1.72. The zero-order valence-electron chi connectivity index (χ0n) is 4.98. The molecule has 0 aromatic rings. The largest absolute Gasteiger partial charge is 0.0654 e. The second-order valence-electron chi connectivity index (χ2n) is 2.37. The lowest BCUT2D eigenvalue weighted by atomic mass is 10.2. The molecule has 1 aliphatic carbocycles. The van der Waals surface area contributed by atoms with Gasteiger partial charge in [-0.1, -0.05) is 26.2 Å². The van der Waals surface area contributed by atoms with Crippen LogP contribution < -0.4 is 0 Å². The third-order valence-corrected chi connectivity index (χ3v) is 1.50. The van der Waals surface area contributed by atoms with E-state index >= 15 is 0 Å². The standard InChI is InChI=1S/C7H13/c1-2-3-4-7-5-6-7/h5,7H,2-4,6H2,1H3. The molecule has 0 aliphatic heterocycles. The van der Waals surface area contributed by atoms with Crippen LogP contribution in [0.15, 0.2) is 0 Å². The molecule has 0 aromatic carbocycles. The van der Waals surface area contributed by atoms with E-state index in [9.17, 15) is 0 Å². The second kappa shape index (κ2) is 2.34. The molecule has 1 fully saturated rings. The molecule has 0 saturated heterocycles. The predicted octanol–water partition coefficient (Wildman–Crippen LogP) is 2.40. The van der Waals surface area contributed by atoms with Crippen LogP contribution in [-0.2, 0) is 0 Å². The number of unbranched alkanes of at least 4 members (excludes halogenated alkanes) is 1. The van der Waals surface area contributed by atoms with Gasteiger partial charge in [-0.25, -0.2) is 0 Å². The van der Waals surface area contributed by atoms with Crippen molar-refractivity contribution in [3.05, 3.63) is 6.42 Å². The molecule has 0 amide bonds. The summed E-state index contributed by atoms with van der Waals surface area (Å²) >= 11 is 0. The van der Waals surface area contributed by atoms with Crippen LogP contribution in [0, 0.1) is 12.3 Å². The van der Waals surface area contributed by atoms with Crippen LogP contribution in [0.3, 0.4) is 0 Å². The van der Waals surface area contributed by atoms with E-state index in [-0.39, 0.29) is 0 Å². The summed E-state index contributed by atoms with van der Waals surface area (Å²) in [4.78, 5) is 0. The topological polar surface area (TPSA) is 0 Å². The Morgan fingerprint density at radius 2 is 2.43 bits per heavy atom. The van der Waals surface area contributed by atoms with E-state index in [1.165, 1.54) is 25.7 Å². The first kappa shape index (κ1) is 5.14. The highest BCUT2D eigenvalue weighted by Gasteiger charge is 2.19. The summed E-state index contributed by atoms with van der Waals surface area (Å²) in [6.45, 7) is 2.25. The lowest BCUT2D eigenvalue weighted by Gasteiger charge is -1.88. The van der Waals surface area contributed by atoms with E-state index in [1.54, 1.807) is 0 Å². The molecule has 0 bridgehead atoms. The quantitative estimate of drug-likeness (QED) is 0.507. The molecule has 0 spiro atoms. The molecule has 1 unspecified atom stereocenters. The molecule has 0 nitrogen and oxygen atoms in total. The molecule has 1 rings (SSSR count). The summed E-state index contributed by atoms with van der Waals surface area (Å²) in [6, 6.07) is 0. The first-order chi connectivity index (χ1) is 3.43. The second-order valence-corrected chi connectivity index (χ2v) is 2.37. The maximum atomic E-state index is 2.40. The van der Waals surface area contributed by atoms with Crippen LogP contribution >= 0.6 is 0 Å². The van der Waals surface area contributed by atoms with Crippen LogP contribution in [-0.4, -0.2) is 0 Å². The molecule has 1 aliphatic rings. The van der Waals surface area contributed by atoms with Gasteiger partial charge >= 0.3 is 0 Å². The van der Waals surface area contributed by atoms with E-state index in [1.807, 2.05) is 0 Å². The fourth-order valence-corrected chi connectivity index (χ4v) is 0.798. The van der Waals surface area contributed by atoms with Gasteiger partial charge in [0, 0.05) is 0 Å². The Balaban J connectivity index is 1.80. The molecule has 1 radical (unpaired) electrons. The zero-order chi connectivity index (χ0) is 5.11. The van der Waals surface area contributed by atoms with E-state index in [0.717, 1.165) is 5.92 Å². The molecular weight excluding hydrogens is 84.1 g/mol. The van der Waals surface area contributed by atoms with Crippen LogP contribution in [0.25, 0.3) is 0 Å². The number of rotatable bonds is 3. The number of hydrogen-bond acceptors (Lipinski definition) is 0. The lowest BCUT2D eigenvalue weighted by Crippen LogP contribution is -1.73. The van der Waals surface area contributed by atoms with Crippen molar-refractivity contribution in [2.45, 2.75) is 32.6 Å². The minimum atomic E-state index is 1.03. The van der Waals surface area contributed by atoms with Crippen LogP contribution in [0.5, 0.6) is 0 Å². The molecule has 0 N–H and O–H groups in total. The van der Waals surface area contributed by atoms with Crippen LogP contribution in [0.2, 0.25) is 0 Å². The maximum absolute atomic E-state index is 2.40. The van der Waals surface area contributed by atoms with Gasteiger partial charge in [0.15, 0.2) is 0 Å². The fraction of sp³-hybridized carbons (Fsp3) is 0.857. The van der Waals surface area contributed by atoms with Crippen molar-refractivity contribution < 1.29 is 0 Å². The summed E-state index contributed by atoms with van der Waals surface area (Å²) in [5, 5.41) is 0. The Hall–Kier alpha value is 0. The first-order valence-electron chi connectivity index (χ1n) is 3.27. The minimum absolute atomic E-state index is 1.03. The zero-order valence-corrected chi connectivity index (χ0v) is 4.98. The summed E-state index contributed by atoms with van der Waals surface area (Å²) in [5.74, 6) is 1.03. The Bertz CT molecular complexity index is 44.0. The van der Waals surface area contributed by atoms with E-state index in [2.05, 4.69) is 13.3 Å². The highest BCUT2D eigenvalue weighted by Crippen LogP contribution is 2.32. The Labute approximate surface area is 45.9 Å². The third kappa shape index (κ3) is 1.96. The molecule has 0 aromatic heterocycles. The molecule has 41 valence electrons. The monoisotopic (exact) mass is 97.1 g/mol. The van der Waals surface area contributed by atoms with Gasteiger partial charge in [0.05, 0.1) is 0 Å². The van der Waals surface area contributed by atoms with Crippen molar-refractivity contribution in [3.63, 3.8) is 0 Å². The van der Waals surface area contributed by atoms with E-state index in [4.69, 9.17) is 0 Å². The van der Waals surface area contributed by atoms with Crippen molar-refractivity contribution in [2.75, 3.05) is 0 Å². The molecule has 1 saturated carbocycles. The van der Waals surface area contributed by atoms with Gasteiger partial charge in [-0.15, -0.1) is 0 Å².